The van der Waals surface area contributed by atoms with Gasteiger partial charge in [-0.05, 0) is 12.1 Å². The quantitative estimate of drug-likeness (QED) is 0.733. The standard InChI is InChI=1S/C13H17N3O4/c1-20-13(19)9-2-3-10(15-6-9)8-16-5-4-14-7-11(16)12(17)18/h2-3,6,11,14H,4-5,7-8H2,1H3,(H,17,18). The fourth-order valence-corrected chi connectivity index (χ4v) is 2.14. The van der Waals surface area contributed by atoms with Crippen LogP contribution in [0.1, 0.15) is 16.1 Å². The van der Waals surface area contributed by atoms with Crippen LogP contribution in [0.15, 0.2) is 18.3 Å². The van der Waals surface area contributed by atoms with Gasteiger partial charge in [-0.15, -0.1) is 0 Å². The number of ether oxygens (including phenoxy) is 1. The fourth-order valence-electron chi connectivity index (χ4n) is 2.14. The van der Waals surface area contributed by atoms with Crippen LogP contribution < -0.4 is 5.32 Å². The van der Waals surface area contributed by atoms with Gasteiger partial charge >= 0.3 is 11.9 Å². The van der Waals surface area contributed by atoms with Crippen LogP contribution in [0, 0.1) is 0 Å². The minimum Gasteiger partial charge on any atom is -0.480 e. The summed E-state index contributed by atoms with van der Waals surface area (Å²) in [7, 11) is 1.31. The van der Waals surface area contributed by atoms with Gasteiger partial charge in [0.1, 0.15) is 6.04 Å². The van der Waals surface area contributed by atoms with Crippen LogP contribution in [0.25, 0.3) is 0 Å². The van der Waals surface area contributed by atoms with E-state index in [9.17, 15) is 14.7 Å². The maximum Gasteiger partial charge on any atom is 0.339 e. The molecule has 1 unspecified atom stereocenters. The third-order valence-electron chi connectivity index (χ3n) is 3.25. The van der Waals surface area contributed by atoms with E-state index in [4.69, 9.17) is 0 Å². The summed E-state index contributed by atoms with van der Waals surface area (Å²) >= 11 is 0. The van der Waals surface area contributed by atoms with Crippen LogP contribution in [0.4, 0.5) is 0 Å². The van der Waals surface area contributed by atoms with Gasteiger partial charge in [0.25, 0.3) is 0 Å². The molecule has 0 saturated carbocycles. The number of aliphatic carboxylic acids is 1. The molecule has 2 heterocycles. The number of hydrogen-bond acceptors (Lipinski definition) is 6. The average Bonchev–Trinajstić information content (AvgIpc) is 2.47. The zero-order chi connectivity index (χ0) is 14.5. The number of piperazine rings is 1. The maximum absolute atomic E-state index is 11.3. The first-order valence-corrected chi connectivity index (χ1v) is 6.32. The molecule has 1 aromatic heterocycles. The molecular weight excluding hydrogens is 262 g/mol. The Hall–Kier alpha value is -1.99. The molecule has 1 atom stereocenters. The van der Waals surface area contributed by atoms with Crippen molar-refractivity contribution in [2.24, 2.45) is 0 Å². The molecule has 1 fully saturated rings. The number of hydrogen-bond donors (Lipinski definition) is 2. The van der Waals surface area contributed by atoms with Crippen molar-refractivity contribution in [1.29, 1.82) is 0 Å². The zero-order valence-corrected chi connectivity index (χ0v) is 11.2. The number of carboxylic acid groups (broad SMARTS) is 1. The van der Waals surface area contributed by atoms with Crippen LogP contribution in [0.3, 0.4) is 0 Å². The monoisotopic (exact) mass is 279 g/mol. The molecule has 20 heavy (non-hydrogen) atoms. The predicted molar refractivity (Wildman–Crippen MR) is 70.3 cm³/mol. The third-order valence-corrected chi connectivity index (χ3v) is 3.25. The van der Waals surface area contributed by atoms with E-state index in [1.807, 2.05) is 4.90 Å². The van der Waals surface area contributed by atoms with E-state index >= 15 is 0 Å². The molecule has 1 aromatic rings. The fraction of sp³-hybridized carbons (Fsp3) is 0.462. The largest absolute Gasteiger partial charge is 0.480 e. The molecule has 7 nitrogen and oxygen atoms in total. The molecule has 108 valence electrons. The highest BCUT2D eigenvalue weighted by Gasteiger charge is 2.28. The summed E-state index contributed by atoms with van der Waals surface area (Å²) in [6, 6.07) is 2.80. The van der Waals surface area contributed by atoms with Crippen molar-refractivity contribution in [3.8, 4) is 0 Å². The Morgan fingerprint density at radius 3 is 2.95 bits per heavy atom. The van der Waals surface area contributed by atoms with E-state index in [2.05, 4.69) is 15.0 Å². The van der Waals surface area contributed by atoms with Crippen LogP contribution >= 0.6 is 0 Å². The number of methoxy groups -OCH3 is 1. The van der Waals surface area contributed by atoms with Crippen LogP contribution in [0.2, 0.25) is 0 Å². The van der Waals surface area contributed by atoms with Gasteiger partial charge in [0, 0.05) is 32.4 Å². The Balaban J connectivity index is 2.05. The van der Waals surface area contributed by atoms with Crippen molar-refractivity contribution < 1.29 is 19.4 Å². The minimum atomic E-state index is -0.844. The highest BCUT2D eigenvalue weighted by Crippen LogP contribution is 2.10. The second-order valence-electron chi connectivity index (χ2n) is 4.56. The van der Waals surface area contributed by atoms with E-state index in [1.54, 1.807) is 12.1 Å². The molecule has 0 aromatic carbocycles. The number of aromatic nitrogens is 1. The number of carboxylic acids is 1. The second kappa shape index (κ2) is 6.44. The molecule has 1 aliphatic heterocycles. The highest BCUT2D eigenvalue weighted by atomic mass is 16.5. The number of rotatable bonds is 4. The molecule has 0 spiro atoms. The molecule has 7 heteroatoms. The van der Waals surface area contributed by atoms with Gasteiger partial charge in [-0.3, -0.25) is 14.7 Å². The first kappa shape index (κ1) is 14.4. The van der Waals surface area contributed by atoms with Gasteiger partial charge < -0.3 is 15.2 Å². The number of carbonyl (C=O) groups excluding carboxylic acids is 1. The van der Waals surface area contributed by atoms with Gasteiger partial charge in [-0.25, -0.2) is 4.79 Å². The van der Waals surface area contributed by atoms with Crippen molar-refractivity contribution >= 4 is 11.9 Å². The Morgan fingerprint density at radius 2 is 2.35 bits per heavy atom. The molecule has 2 N–H and O–H groups in total. The van der Waals surface area contributed by atoms with Gasteiger partial charge in [-0.2, -0.15) is 0 Å². The van der Waals surface area contributed by atoms with Crippen molar-refractivity contribution in [2.45, 2.75) is 12.6 Å². The summed E-state index contributed by atoms with van der Waals surface area (Å²) in [5, 5.41) is 12.2. The van der Waals surface area contributed by atoms with E-state index in [1.165, 1.54) is 13.3 Å². The number of nitrogens with zero attached hydrogens (tertiary/aromatic N) is 2. The van der Waals surface area contributed by atoms with Crippen molar-refractivity contribution in [3.63, 3.8) is 0 Å². The lowest BCUT2D eigenvalue weighted by molar-refractivity contribution is -0.144. The first-order chi connectivity index (χ1) is 9.61. The summed E-state index contributed by atoms with van der Waals surface area (Å²) < 4.78 is 4.60. The number of pyridine rings is 1. The van der Waals surface area contributed by atoms with Crippen molar-refractivity contribution in [2.75, 3.05) is 26.7 Å². The smallest absolute Gasteiger partial charge is 0.339 e. The van der Waals surface area contributed by atoms with E-state index < -0.39 is 18.0 Å². The van der Waals surface area contributed by atoms with E-state index in [0.29, 0.717) is 25.2 Å². The molecule has 0 radical (unpaired) electrons. The number of esters is 1. The summed E-state index contributed by atoms with van der Waals surface area (Å²) in [5.41, 5.74) is 1.11. The van der Waals surface area contributed by atoms with Crippen LogP contribution in [-0.4, -0.2) is 59.7 Å². The number of carbonyl (C=O) groups is 2. The molecular formula is C13H17N3O4. The SMILES string of the molecule is COC(=O)c1ccc(CN2CCNCC2C(=O)O)nc1. The molecule has 0 amide bonds. The van der Waals surface area contributed by atoms with Crippen LogP contribution in [-0.2, 0) is 16.1 Å². The third kappa shape index (κ3) is 3.31. The molecule has 0 bridgehead atoms. The summed E-state index contributed by atoms with van der Waals surface area (Å²) in [6.45, 7) is 2.27. The summed E-state index contributed by atoms with van der Waals surface area (Å²) in [4.78, 5) is 28.5. The Bertz CT molecular complexity index is 489. The topological polar surface area (TPSA) is 91.8 Å². The minimum absolute atomic E-state index is 0.381. The molecule has 2 rings (SSSR count). The van der Waals surface area contributed by atoms with Gasteiger partial charge in [0.2, 0.25) is 0 Å². The first-order valence-electron chi connectivity index (χ1n) is 6.32. The van der Waals surface area contributed by atoms with Crippen molar-refractivity contribution in [1.82, 2.24) is 15.2 Å². The van der Waals surface area contributed by atoms with Gasteiger partial charge in [0.05, 0.1) is 18.4 Å². The van der Waals surface area contributed by atoms with Gasteiger partial charge in [0.15, 0.2) is 0 Å². The number of nitrogens with one attached hydrogen (secondary N) is 1. The highest BCUT2D eigenvalue weighted by molar-refractivity contribution is 5.88. The van der Waals surface area contributed by atoms with Gasteiger partial charge in [-0.1, -0.05) is 0 Å². The van der Waals surface area contributed by atoms with E-state index in [-0.39, 0.29) is 0 Å². The Morgan fingerprint density at radius 1 is 1.55 bits per heavy atom. The average molecular weight is 279 g/mol. The lowest BCUT2D eigenvalue weighted by Crippen LogP contribution is -2.54. The predicted octanol–water partition coefficient (Wildman–Crippen LogP) is -0.273. The zero-order valence-electron chi connectivity index (χ0n) is 11.2. The molecule has 0 aliphatic carbocycles. The second-order valence-corrected chi connectivity index (χ2v) is 4.56. The lowest BCUT2D eigenvalue weighted by Gasteiger charge is -2.33. The normalized spacial score (nSPS) is 19.6. The van der Waals surface area contributed by atoms with E-state index in [0.717, 1.165) is 12.2 Å². The lowest BCUT2D eigenvalue weighted by atomic mass is 10.1. The Labute approximate surface area is 116 Å². The Kier molecular flexibility index (Phi) is 4.65. The maximum atomic E-state index is 11.3. The van der Waals surface area contributed by atoms with Crippen LogP contribution in [0.5, 0.6) is 0 Å². The molecule has 1 aliphatic rings. The molecule has 1 saturated heterocycles. The summed E-state index contributed by atoms with van der Waals surface area (Å²) in [6.07, 6.45) is 1.44. The summed E-state index contributed by atoms with van der Waals surface area (Å²) in [5.74, 6) is -1.28. The van der Waals surface area contributed by atoms with Crippen molar-refractivity contribution in [3.05, 3.63) is 29.6 Å².